The maximum absolute atomic E-state index is 10.00. The number of carboxylic acid groups (broad SMARTS) is 2. The lowest BCUT2D eigenvalue weighted by atomic mass is 9.81. The van der Waals surface area contributed by atoms with Crippen molar-refractivity contribution in [2.75, 3.05) is 27.3 Å². The lowest BCUT2D eigenvalue weighted by Crippen LogP contribution is -2.53. The van der Waals surface area contributed by atoms with Gasteiger partial charge in [-0.15, -0.1) is 0 Å². The van der Waals surface area contributed by atoms with Gasteiger partial charge in [0.2, 0.25) is 0 Å². The van der Waals surface area contributed by atoms with Crippen molar-refractivity contribution in [2.24, 2.45) is 0 Å². The summed E-state index contributed by atoms with van der Waals surface area (Å²) in [6, 6.07) is 4.37. The van der Waals surface area contributed by atoms with Gasteiger partial charge in [-0.2, -0.15) is 0 Å². The van der Waals surface area contributed by atoms with Gasteiger partial charge in [0.15, 0.2) is 12.2 Å². The molecule has 1 saturated heterocycles. The number of benzene rings is 1. The lowest BCUT2D eigenvalue weighted by Gasteiger charge is -2.43. The van der Waals surface area contributed by atoms with E-state index in [-0.39, 0.29) is 6.10 Å². The van der Waals surface area contributed by atoms with Crippen LogP contribution >= 0.6 is 0 Å². The van der Waals surface area contributed by atoms with Crippen molar-refractivity contribution in [2.45, 2.75) is 50.2 Å². The summed E-state index contributed by atoms with van der Waals surface area (Å²) in [5, 5.41) is 42.5. The Bertz CT molecular complexity index is 749. The van der Waals surface area contributed by atoms with E-state index in [1.165, 1.54) is 11.1 Å². The van der Waals surface area contributed by atoms with Gasteiger partial charge in [-0.05, 0) is 43.1 Å². The van der Waals surface area contributed by atoms with Crippen LogP contribution in [0.2, 0.25) is 0 Å². The molecule has 0 spiro atoms. The molecular formula is C20H29NO9. The summed E-state index contributed by atoms with van der Waals surface area (Å²) in [6.45, 7) is 3.60. The average Bonchev–Trinajstić information content (AvgIpc) is 2.71. The Morgan fingerprint density at radius 3 is 2.20 bits per heavy atom. The number of aliphatic carboxylic acids is 2. The van der Waals surface area contributed by atoms with Crippen LogP contribution in [0.4, 0.5) is 0 Å². The van der Waals surface area contributed by atoms with Gasteiger partial charge in [0.05, 0.1) is 25.9 Å². The zero-order chi connectivity index (χ0) is 22.6. The molecule has 1 aliphatic heterocycles. The monoisotopic (exact) mass is 427 g/mol. The highest BCUT2D eigenvalue weighted by atomic mass is 16.5. The largest absolute Gasteiger partial charge is 0.496 e. The first-order chi connectivity index (χ1) is 14.1. The molecule has 10 heteroatoms. The molecule has 5 atom stereocenters. The first-order valence-electron chi connectivity index (χ1n) is 9.58. The third-order valence-corrected chi connectivity index (χ3v) is 5.49. The molecule has 0 bridgehead atoms. The molecule has 1 heterocycles. The van der Waals surface area contributed by atoms with Crippen molar-refractivity contribution in [1.82, 2.24) is 4.90 Å². The smallest absolute Gasteiger partial charge is 0.335 e. The Hall–Kier alpha value is -2.24. The Balaban J connectivity index is 0.000000274. The highest BCUT2D eigenvalue weighted by molar-refractivity contribution is 5.83. The van der Waals surface area contributed by atoms with Crippen LogP contribution in [0.3, 0.4) is 0 Å². The number of hydrogen-bond acceptors (Lipinski definition) is 8. The number of aliphatic hydroxyl groups excluding tert-OH is 3. The maximum atomic E-state index is 10.00. The first kappa shape index (κ1) is 24.0. The van der Waals surface area contributed by atoms with Gasteiger partial charge in [0, 0.05) is 19.0 Å². The van der Waals surface area contributed by atoms with Crippen LogP contribution < -0.4 is 4.74 Å². The van der Waals surface area contributed by atoms with Crippen LogP contribution in [0.15, 0.2) is 12.1 Å². The zero-order valence-electron chi connectivity index (χ0n) is 17.2. The highest BCUT2D eigenvalue weighted by Crippen LogP contribution is 2.37. The van der Waals surface area contributed by atoms with Gasteiger partial charge in [-0.1, -0.05) is 6.07 Å². The van der Waals surface area contributed by atoms with E-state index >= 15 is 0 Å². The van der Waals surface area contributed by atoms with E-state index in [1.807, 2.05) is 19.1 Å². The van der Waals surface area contributed by atoms with E-state index in [4.69, 9.17) is 29.9 Å². The molecule has 0 aromatic heterocycles. The van der Waals surface area contributed by atoms with Gasteiger partial charge in [-0.25, -0.2) is 9.59 Å². The fourth-order valence-corrected chi connectivity index (χ4v) is 3.81. The van der Waals surface area contributed by atoms with E-state index in [1.54, 1.807) is 7.11 Å². The topological polar surface area (TPSA) is 157 Å². The van der Waals surface area contributed by atoms with Crippen LogP contribution in [0.25, 0.3) is 0 Å². The van der Waals surface area contributed by atoms with E-state index in [0.717, 1.165) is 37.3 Å². The number of fused-ring (bicyclic) bond motifs is 2. The second kappa shape index (κ2) is 10.2. The predicted octanol–water partition coefficient (Wildman–Crippen LogP) is -0.576. The van der Waals surface area contributed by atoms with E-state index in [9.17, 15) is 14.7 Å². The number of ether oxygens (including phenoxy) is 2. The van der Waals surface area contributed by atoms with E-state index in [0.29, 0.717) is 6.04 Å². The maximum Gasteiger partial charge on any atom is 0.335 e. The summed E-state index contributed by atoms with van der Waals surface area (Å²) >= 11 is 0. The number of rotatable bonds is 5. The summed E-state index contributed by atoms with van der Waals surface area (Å²) in [5.41, 5.74) is 3.47. The number of carboxylic acids is 2. The Kier molecular flexibility index (Phi) is 8.16. The van der Waals surface area contributed by atoms with Crippen molar-refractivity contribution < 1.29 is 44.6 Å². The van der Waals surface area contributed by atoms with Crippen LogP contribution in [0, 0.1) is 0 Å². The lowest BCUT2D eigenvalue weighted by molar-refractivity contribution is -0.165. The number of morpholine rings is 1. The molecule has 2 aliphatic rings. The van der Waals surface area contributed by atoms with Crippen LogP contribution in [-0.4, -0.2) is 94.0 Å². The van der Waals surface area contributed by atoms with Crippen molar-refractivity contribution in [3.8, 4) is 5.75 Å². The molecule has 0 amide bonds. The molecule has 10 nitrogen and oxygen atoms in total. The van der Waals surface area contributed by atoms with E-state index in [2.05, 4.69) is 11.9 Å². The van der Waals surface area contributed by atoms with Crippen molar-refractivity contribution in [3.63, 3.8) is 0 Å². The molecule has 30 heavy (non-hydrogen) atoms. The number of nitrogens with zero attached hydrogens (tertiary/aromatic N) is 1. The summed E-state index contributed by atoms with van der Waals surface area (Å²) in [4.78, 5) is 21.9. The molecule has 1 aliphatic carbocycles. The number of hydrogen-bond donors (Lipinski definition) is 5. The summed E-state index contributed by atoms with van der Waals surface area (Å²) < 4.78 is 11.5. The number of carbonyl (C=O) groups is 2. The highest BCUT2D eigenvalue weighted by Gasteiger charge is 2.37. The van der Waals surface area contributed by atoms with Crippen molar-refractivity contribution in [3.05, 3.63) is 28.8 Å². The molecular weight excluding hydrogens is 398 g/mol. The third kappa shape index (κ3) is 5.27. The molecule has 1 aromatic rings. The molecule has 1 aromatic carbocycles. The molecule has 3 rings (SSSR count). The molecule has 2 unspecified atom stereocenters. The Morgan fingerprint density at radius 1 is 1.10 bits per heavy atom. The average molecular weight is 427 g/mol. The minimum absolute atomic E-state index is 0.228. The standard InChI is InChI=1S/C16H23NO3.C4H6O6/c1-10(18)11-4-5-15(19-3)13-8-14-16(9-12(11)13)20-7-6-17(14)2;5-1(3(7)8)2(6)4(9)10/h4-5,10,14,16,18H,6-9H2,1-3H3;1-2,5-6H,(H,7,8)(H,9,10)/t10-,14-,16-;/m1./s1. The third-order valence-electron chi connectivity index (χ3n) is 5.49. The predicted molar refractivity (Wildman–Crippen MR) is 104 cm³/mol. The SMILES string of the molecule is COc1ccc([C@@H](C)O)c2c1C[C@@H]1[C@@H](C2)OCCN1C.O=C(O)C(O)C(O)C(=O)O. The molecule has 0 radical (unpaired) electrons. The molecule has 168 valence electrons. The fraction of sp³-hybridized carbons (Fsp3) is 0.600. The summed E-state index contributed by atoms with van der Waals surface area (Å²) in [6.07, 6.45) is -2.96. The normalized spacial score (nSPS) is 23.7. The fourth-order valence-electron chi connectivity index (χ4n) is 3.81. The molecule has 1 fully saturated rings. The minimum atomic E-state index is -2.27. The number of aliphatic hydroxyl groups is 3. The van der Waals surface area contributed by atoms with Crippen molar-refractivity contribution >= 4 is 11.9 Å². The first-order valence-corrected chi connectivity index (χ1v) is 9.58. The van der Waals surface area contributed by atoms with Crippen molar-refractivity contribution in [1.29, 1.82) is 0 Å². The quantitative estimate of drug-likeness (QED) is 0.412. The molecule has 0 saturated carbocycles. The Morgan fingerprint density at radius 2 is 1.70 bits per heavy atom. The minimum Gasteiger partial charge on any atom is -0.496 e. The van der Waals surface area contributed by atoms with Gasteiger partial charge < -0.3 is 35.0 Å². The van der Waals surface area contributed by atoms with Crippen LogP contribution in [-0.2, 0) is 27.2 Å². The number of likely N-dealkylation sites (N-methyl/N-ethyl adjacent to an activating group) is 1. The van der Waals surface area contributed by atoms with Gasteiger partial charge in [0.1, 0.15) is 5.75 Å². The summed E-state index contributed by atoms with van der Waals surface area (Å²) in [7, 11) is 3.88. The van der Waals surface area contributed by atoms with Crippen LogP contribution in [0.5, 0.6) is 5.75 Å². The van der Waals surface area contributed by atoms with E-state index < -0.39 is 30.3 Å². The summed E-state index contributed by atoms with van der Waals surface area (Å²) in [5.74, 6) is -2.60. The second-order valence-corrected chi connectivity index (χ2v) is 7.42. The Labute approximate surface area is 174 Å². The van der Waals surface area contributed by atoms with Gasteiger partial charge >= 0.3 is 11.9 Å². The van der Waals surface area contributed by atoms with Gasteiger partial charge in [0.25, 0.3) is 0 Å². The second-order valence-electron chi connectivity index (χ2n) is 7.42. The van der Waals surface area contributed by atoms with Crippen LogP contribution in [0.1, 0.15) is 29.7 Å². The molecule has 5 N–H and O–H groups in total. The van der Waals surface area contributed by atoms with Gasteiger partial charge in [-0.3, -0.25) is 4.90 Å². The zero-order valence-corrected chi connectivity index (χ0v) is 17.2. The number of methoxy groups -OCH3 is 1.